The monoisotopic (exact) mass is 883 g/mol. The van der Waals surface area contributed by atoms with Gasteiger partial charge < -0.3 is 21.7 Å². The smallest absolute Gasteiger partial charge is 0.269 e. The summed E-state index contributed by atoms with van der Waals surface area (Å²) in [5.74, 6) is 0.726. The van der Waals surface area contributed by atoms with E-state index in [1.807, 2.05) is 18.4 Å². The van der Waals surface area contributed by atoms with Crippen molar-refractivity contribution >= 4 is 96.1 Å². The standard InChI is InChI=1S/C9H12N2O4S.C9H14N2O2S.C9H12N2O2S.C6H4FNO2.2ClH/c1-16(14,15)7-6-10-8-2-4-9(5-3-8)11(12)13;1-14(12,13)7-6-11-9-4-2-8(10)3-5-9;1-14-7-6-10-8-2-4-9(5-3-8)11(12)13;7-5-1-3-6(4-2-5)8(9)10;;/h2-5,10H,6-7H2,1H3;2-5,11H,6-7,10H2,1H3;2-5,10H,6-7H2,1H3;1-4H;2*1H. The van der Waals surface area contributed by atoms with Gasteiger partial charge in [0, 0.05) is 97.0 Å². The molecular weight excluding hydrogens is 841 g/mol. The molecule has 0 atom stereocenters. The van der Waals surface area contributed by atoms with Crippen molar-refractivity contribution in [3.05, 3.63) is 133 Å². The molecule has 4 aromatic carbocycles. The Bertz CT molecular complexity index is 1980. The summed E-state index contributed by atoms with van der Waals surface area (Å²) in [6.07, 6.45) is 4.42. The molecule has 0 unspecified atom stereocenters. The summed E-state index contributed by atoms with van der Waals surface area (Å²) in [5, 5.41) is 39.7. The quantitative estimate of drug-likeness (QED) is 0.0418. The Morgan fingerprint density at radius 3 is 1.14 bits per heavy atom. The summed E-state index contributed by atoms with van der Waals surface area (Å²) in [6, 6.07) is 23.8. The van der Waals surface area contributed by atoms with E-state index in [0.29, 0.717) is 17.9 Å². The molecule has 0 spiro atoms. The van der Waals surface area contributed by atoms with Gasteiger partial charge in [0.15, 0.2) is 0 Å². The van der Waals surface area contributed by atoms with Crippen molar-refractivity contribution in [2.75, 3.05) is 77.3 Å². The van der Waals surface area contributed by atoms with E-state index >= 15 is 0 Å². The summed E-state index contributed by atoms with van der Waals surface area (Å²) in [4.78, 5) is 29.3. The number of benzene rings is 4. The second-order valence-corrected chi connectivity index (χ2v) is 16.5. The Labute approximate surface area is 341 Å². The predicted octanol–water partition coefficient (Wildman–Crippen LogP) is 6.72. The van der Waals surface area contributed by atoms with Crippen LogP contribution < -0.4 is 21.7 Å². The van der Waals surface area contributed by atoms with Crippen molar-refractivity contribution in [3.8, 4) is 0 Å². The van der Waals surface area contributed by atoms with E-state index in [0.717, 1.165) is 54.2 Å². The maximum absolute atomic E-state index is 12.1. The molecule has 0 saturated heterocycles. The molecule has 5 N–H and O–H groups in total. The fourth-order valence-electron chi connectivity index (χ4n) is 3.62. The molecular formula is C33H44Cl2FN7O10S3. The van der Waals surface area contributed by atoms with Crippen LogP contribution in [-0.2, 0) is 19.7 Å². The van der Waals surface area contributed by atoms with E-state index in [2.05, 4.69) is 16.0 Å². The van der Waals surface area contributed by atoms with E-state index in [4.69, 9.17) is 5.73 Å². The SMILES string of the molecule is CS(=O)(=O)CCNc1ccc(N)cc1.CS(=O)(=O)CCNc1ccc([N+](=O)[O-])cc1.CSCCNc1ccc([N+](=O)[O-])cc1.Cl.Cl.O=[N+]([O-])c1ccc(F)cc1. The summed E-state index contributed by atoms with van der Waals surface area (Å²) in [5.41, 5.74) is 8.69. The van der Waals surface area contributed by atoms with Gasteiger partial charge in [-0.05, 0) is 66.9 Å². The minimum atomic E-state index is -2.99. The average Bonchev–Trinajstić information content (AvgIpc) is 3.10. The van der Waals surface area contributed by atoms with Gasteiger partial charge in [-0.15, -0.1) is 24.8 Å². The second-order valence-electron chi connectivity index (χ2n) is 11.0. The van der Waals surface area contributed by atoms with Crippen molar-refractivity contribution in [1.29, 1.82) is 0 Å². The first kappa shape index (κ1) is 53.1. The lowest BCUT2D eigenvalue weighted by Crippen LogP contribution is -2.13. The predicted molar refractivity (Wildman–Crippen MR) is 228 cm³/mol. The molecule has 4 rings (SSSR count). The minimum Gasteiger partial charge on any atom is -0.399 e. The Balaban J connectivity index is 0. The Morgan fingerprint density at radius 2 is 0.857 bits per heavy atom. The van der Waals surface area contributed by atoms with Crippen molar-refractivity contribution in [2.45, 2.75) is 0 Å². The Hall–Kier alpha value is -4.96. The van der Waals surface area contributed by atoms with Gasteiger partial charge in [0.2, 0.25) is 0 Å². The minimum absolute atomic E-state index is 0. The lowest BCUT2D eigenvalue weighted by atomic mass is 10.3. The molecule has 17 nitrogen and oxygen atoms in total. The Morgan fingerprint density at radius 1 is 0.571 bits per heavy atom. The van der Waals surface area contributed by atoms with Crippen molar-refractivity contribution < 1.29 is 36.0 Å². The molecule has 0 bridgehead atoms. The van der Waals surface area contributed by atoms with Crippen molar-refractivity contribution in [2.24, 2.45) is 0 Å². The van der Waals surface area contributed by atoms with Crippen LogP contribution >= 0.6 is 36.6 Å². The normalized spacial score (nSPS) is 10.1. The summed E-state index contributed by atoms with van der Waals surface area (Å²) in [7, 11) is -5.88. The highest BCUT2D eigenvalue weighted by Crippen LogP contribution is 2.16. The molecule has 0 saturated carbocycles. The third-order valence-electron chi connectivity index (χ3n) is 6.34. The second kappa shape index (κ2) is 27.6. The molecule has 0 aliphatic carbocycles. The largest absolute Gasteiger partial charge is 0.399 e. The first-order valence-electron chi connectivity index (χ1n) is 15.6. The zero-order valence-electron chi connectivity index (χ0n) is 30.4. The van der Waals surface area contributed by atoms with E-state index in [1.54, 1.807) is 48.2 Å². The number of rotatable bonds is 15. The average molecular weight is 885 g/mol. The third kappa shape index (κ3) is 26.0. The van der Waals surface area contributed by atoms with Crippen LogP contribution in [0.3, 0.4) is 0 Å². The molecule has 23 heteroatoms. The van der Waals surface area contributed by atoms with Crippen LogP contribution in [0.5, 0.6) is 0 Å². The molecule has 4 aromatic rings. The summed E-state index contributed by atoms with van der Waals surface area (Å²) >= 11 is 1.76. The molecule has 56 heavy (non-hydrogen) atoms. The van der Waals surface area contributed by atoms with Gasteiger partial charge in [0.05, 0.1) is 26.3 Å². The maximum atomic E-state index is 12.1. The summed E-state index contributed by atoms with van der Waals surface area (Å²) < 4.78 is 55.4. The number of thioether (sulfide) groups is 1. The van der Waals surface area contributed by atoms with Gasteiger partial charge >= 0.3 is 0 Å². The van der Waals surface area contributed by atoms with Gasteiger partial charge in [-0.25, -0.2) is 21.2 Å². The number of nitrogens with two attached hydrogens (primary N) is 1. The highest BCUT2D eigenvalue weighted by molar-refractivity contribution is 7.98. The number of nitrogen functional groups attached to an aromatic ring is 1. The van der Waals surface area contributed by atoms with Gasteiger partial charge in [0.1, 0.15) is 25.5 Å². The van der Waals surface area contributed by atoms with E-state index in [1.165, 1.54) is 30.5 Å². The number of non-ortho nitro benzene ring substituents is 3. The van der Waals surface area contributed by atoms with Crippen LogP contribution in [-0.4, -0.2) is 87.3 Å². The number of hydrogen-bond acceptors (Lipinski definition) is 15. The zero-order valence-corrected chi connectivity index (χ0v) is 34.5. The van der Waals surface area contributed by atoms with E-state index < -0.39 is 40.3 Å². The molecule has 0 aromatic heterocycles. The number of nitro benzene ring substituents is 3. The van der Waals surface area contributed by atoms with Crippen molar-refractivity contribution in [1.82, 2.24) is 0 Å². The van der Waals surface area contributed by atoms with Crippen LogP contribution in [0.1, 0.15) is 0 Å². The number of hydrogen-bond donors (Lipinski definition) is 4. The number of anilines is 4. The topological polar surface area (TPSA) is 260 Å². The molecule has 0 heterocycles. The third-order valence-corrected chi connectivity index (χ3v) is 8.85. The fraction of sp³-hybridized carbons (Fsp3) is 0.273. The highest BCUT2D eigenvalue weighted by Gasteiger charge is 2.06. The number of nitro groups is 3. The maximum Gasteiger partial charge on any atom is 0.269 e. The highest BCUT2D eigenvalue weighted by atomic mass is 35.5. The first-order valence-corrected chi connectivity index (χ1v) is 21.1. The molecule has 0 aliphatic heterocycles. The number of nitrogens with zero attached hydrogens (tertiary/aromatic N) is 3. The zero-order chi connectivity index (χ0) is 40.7. The number of sulfone groups is 2. The number of nitrogens with one attached hydrogen (secondary N) is 3. The molecule has 0 fully saturated rings. The van der Waals surface area contributed by atoms with Gasteiger partial charge in [-0.3, -0.25) is 30.3 Å². The van der Waals surface area contributed by atoms with Crippen LogP contribution in [0.15, 0.2) is 97.1 Å². The number of halogens is 3. The molecule has 310 valence electrons. The van der Waals surface area contributed by atoms with Gasteiger partial charge in [0.25, 0.3) is 17.1 Å². The van der Waals surface area contributed by atoms with Crippen LogP contribution in [0.25, 0.3) is 0 Å². The molecule has 0 amide bonds. The van der Waals surface area contributed by atoms with Gasteiger partial charge in [-0.1, -0.05) is 0 Å². The van der Waals surface area contributed by atoms with Crippen LogP contribution in [0.4, 0.5) is 44.2 Å². The summed E-state index contributed by atoms with van der Waals surface area (Å²) in [6.45, 7) is 1.58. The van der Waals surface area contributed by atoms with E-state index in [9.17, 15) is 51.6 Å². The first-order chi connectivity index (χ1) is 25.3. The lowest BCUT2D eigenvalue weighted by Gasteiger charge is -2.05. The fourth-order valence-corrected chi connectivity index (χ4v) is 4.88. The van der Waals surface area contributed by atoms with Gasteiger partial charge in [-0.2, -0.15) is 11.8 Å². The Kier molecular flexibility index (Phi) is 26.2. The molecule has 0 radical (unpaired) electrons. The van der Waals surface area contributed by atoms with E-state index in [-0.39, 0.29) is 59.9 Å². The van der Waals surface area contributed by atoms with Crippen molar-refractivity contribution in [3.63, 3.8) is 0 Å². The van der Waals surface area contributed by atoms with Crippen LogP contribution in [0.2, 0.25) is 0 Å². The molecule has 0 aliphatic rings. The lowest BCUT2D eigenvalue weighted by molar-refractivity contribution is -0.385. The van der Waals surface area contributed by atoms with Crippen LogP contribution in [0, 0.1) is 36.2 Å².